The Labute approximate surface area is 137 Å². The van der Waals surface area contributed by atoms with Crippen molar-refractivity contribution >= 4 is 58.3 Å². The van der Waals surface area contributed by atoms with Gasteiger partial charge in [0.1, 0.15) is 0 Å². The Morgan fingerprint density at radius 1 is 1.06 bits per heavy atom. The zero-order valence-electron chi connectivity index (χ0n) is 10.2. The van der Waals surface area contributed by atoms with Crippen molar-refractivity contribution in [2.45, 2.75) is 39.5 Å². The molecule has 2 N–H and O–H groups in total. The number of thiocarbonyl (C=S) groups is 2. The fraction of sp³-hybridized carbons (Fsp3) is 0.800. The first-order valence-electron chi connectivity index (χ1n) is 5.38. The maximum absolute atomic E-state index is 4.98. The van der Waals surface area contributed by atoms with Crippen LogP contribution in [0, 0.1) is 0 Å². The fourth-order valence-electron chi connectivity index (χ4n) is 0.992. The van der Waals surface area contributed by atoms with E-state index in [1.807, 2.05) is 0 Å². The van der Waals surface area contributed by atoms with Crippen LogP contribution in [0.15, 0.2) is 0 Å². The van der Waals surface area contributed by atoms with Crippen LogP contribution in [0.25, 0.3) is 0 Å². The van der Waals surface area contributed by atoms with Crippen LogP contribution in [0.3, 0.4) is 0 Å². The second-order valence-corrected chi connectivity index (χ2v) is 5.45. The standard InChI is InChI=1S/C9H19NS2.CH3NS2.Ni/c1-3-5-7-10(9(11)12)8-6-4-2;2-1(3)4;/h3-8H2,1-2H3,(H,11,12);(H3,2,3,4);/q;;+2/p-2. The van der Waals surface area contributed by atoms with Crippen LogP contribution in [-0.4, -0.2) is 26.6 Å². The topological polar surface area (TPSA) is 29.3 Å². The SMILES string of the molecule is CCCCN(CCCC)C(=S)[S-].NC(=S)[S-].[Ni+2]. The molecule has 0 amide bonds. The van der Waals surface area contributed by atoms with Gasteiger partial charge in [0.15, 0.2) is 0 Å². The van der Waals surface area contributed by atoms with E-state index >= 15 is 0 Å². The van der Waals surface area contributed by atoms with E-state index in [2.05, 4.69) is 49.3 Å². The maximum Gasteiger partial charge on any atom is 2.00 e. The molecule has 0 saturated carbocycles. The summed E-state index contributed by atoms with van der Waals surface area (Å²) in [5, 5.41) is 0. The molecule has 0 aromatic carbocycles. The summed E-state index contributed by atoms with van der Waals surface area (Å²) in [5.41, 5.74) is 4.66. The predicted octanol–water partition coefficient (Wildman–Crippen LogP) is 2.49. The molecule has 0 aromatic heterocycles. The first-order chi connectivity index (χ1) is 7.45. The summed E-state index contributed by atoms with van der Waals surface area (Å²) >= 11 is 18.2. The van der Waals surface area contributed by atoms with Crippen LogP contribution in [0.1, 0.15) is 39.5 Å². The molecule has 104 valence electrons. The molecule has 0 saturated heterocycles. The summed E-state index contributed by atoms with van der Waals surface area (Å²) < 4.78 is 0.719. The van der Waals surface area contributed by atoms with Gasteiger partial charge in [-0.05, 0) is 12.8 Å². The number of hydrogen-bond acceptors (Lipinski definition) is 4. The van der Waals surface area contributed by atoms with E-state index in [1.165, 1.54) is 25.7 Å². The van der Waals surface area contributed by atoms with Crippen LogP contribution >= 0.6 is 24.4 Å². The van der Waals surface area contributed by atoms with Crippen LogP contribution in [0.4, 0.5) is 0 Å². The summed E-state index contributed by atoms with van der Waals surface area (Å²) in [4.78, 5) is 2.14. The van der Waals surface area contributed by atoms with E-state index in [4.69, 9.17) is 24.8 Å². The van der Waals surface area contributed by atoms with Crippen molar-refractivity contribution in [1.29, 1.82) is 0 Å². The third kappa shape index (κ3) is 22.4. The van der Waals surface area contributed by atoms with E-state index < -0.39 is 0 Å². The Hall–Kier alpha value is 0.714. The second-order valence-electron chi connectivity index (χ2n) is 3.28. The second kappa shape index (κ2) is 16.7. The first-order valence-corrected chi connectivity index (χ1v) is 7.01. The molecule has 0 fully saturated rings. The van der Waals surface area contributed by atoms with Crippen LogP contribution in [0.2, 0.25) is 0 Å². The van der Waals surface area contributed by atoms with Crippen LogP contribution in [0.5, 0.6) is 0 Å². The minimum absolute atomic E-state index is 0. The summed E-state index contributed by atoms with van der Waals surface area (Å²) in [5.74, 6) is 0. The molecule has 7 heteroatoms. The maximum atomic E-state index is 4.98. The van der Waals surface area contributed by atoms with Crippen molar-refractivity contribution in [1.82, 2.24) is 4.90 Å². The van der Waals surface area contributed by atoms with Gasteiger partial charge in [-0.3, -0.25) is 0 Å². The molecule has 0 aliphatic carbocycles. The van der Waals surface area contributed by atoms with E-state index in [-0.39, 0.29) is 20.8 Å². The molecule has 0 spiro atoms. The van der Waals surface area contributed by atoms with Gasteiger partial charge in [-0.25, -0.2) is 0 Å². The van der Waals surface area contributed by atoms with Crippen molar-refractivity contribution < 1.29 is 16.5 Å². The molecule has 0 aromatic rings. The quantitative estimate of drug-likeness (QED) is 0.447. The Bertz CT molecular complexity index is 191. The van der Waals surface area contributed by atoms with Crippen molar-refractivity contribution in [3.05, 3.63) is 0 Å². The summed E-state index contributed by atoms with van der Waals surface area (Å²) in [7, 11) is 0. The Morgan fingerprint density at radius 3 is 1.53 bits per heavy atom. The first kappa shape index (κ1) is 22.9. The average molecular weight is 355 g/mol. The minimum atomic E-state index is 0. The smallest absolute Gasteiger partial charge is 0.415 e. The van der Waals surface area contributed by atoms with E-state index in [9.17, 15) is 0 Å². The van der Waals surface area contributed by atoms with Gasteiger partial charge in [0.05, 0.1) is 0 Å². The number of nitrogens with two attached hydrogens (primary N) is 1. The molecule has 0 aliphatic rings. The van der Waals surface area contributed by atoms with E-state index in [0.29, 0.717) is 4.32 Å². The van der Waals surface area contributed by atoms with Crippen molar-refractivity contribution in [3.63, 3.8) is 0 Å². The Morgan fingerprint density at radius 2 is 1.35 bits per heavy atom. The van der Waals surface area contributed by atoms with E-state index in [1.54, 1.807) is 0 Å². The Kier molecular flexibility index (Phi) is 22.5. The van der Waals surface area contributed by atoms with Crippen molar-refractivity contribution in [2.75, 3.05) is 13.1 Å². The number of nitrogens with zero attached hydrogens (tertiary/aromatic N) is 1. The van der Waals surface area contributed by atoms with Gasteiger partial charge in [-0.1, -0.05) is 35.3 Å². The normalized spacial score (nSPS) is 8.35. The van der Waals surface area contributed by atoms with Crippen LogP contribution < -0.4 is 5.73 Å². The van der Waals surface area contributed by atoms with Gasteiger partial charge < -0.3 is 60.3 Å². The largest absolute Gasteiger partial charge is 2.00 e. The van der Waals surface area contributed by atoms with Crippen LogP contribution in [-0.2, 0) is 41.7 Å². The van der Waals surface area contributed by atoms with Gasteiger partial charge in [0.25, 0.3) is 0 Å². The minimum Gasteiger partial charge on any atom is -0.415 e. The number of rotatable bonds is 6. The fourth-order valence-corrected chi connectivity index (χ4v) is 1.36. The summed E-state index contributed by atoms with van der Waals surface area (Å²) in [6.45, 7) is 6.45. The van der Waals surface area contributed by atoms with Crippen molar-refractivity contribution in [3.8, 4) is 0 Å². The van der Waals surface area contributed by atoms with Gasteiger partial charge in [0, 0.05) is 13.1 Å². The molecule has 17 heavy (non-hydrogen) atoms. The molecule has 0 radical (unpaired) electrons. The molecule has 0 heterocycles. The zero-order valence-corrected chi connectivity index (χ0v) is 14.5. The van der Waals surface area contributed by atoms with Gasteiger partial charge in [-0.2, -0.15) is 0 Å². The Balaban J connectivity index is -0.000000340. The van der Waals surface area contributed by atoms with Gasteiger partial charge in [-0.15, -0.1) is 0 Å². The number of unbranched alkanes of at least 4 members (excludes halogenated alkanes) is 2. The molecule has 0 atom stereocenters. The van der Waals surface area contributed by atoms with Gasteiger partial charge >= 0.3 is 16.5 Å². The molecule has 2 nitrogen and oxygen atoms in total. The number of hydrogen-bond donors (Lipinski definition) is 1. The molecule has 0 unspecified atom stereocenters. The molecular formula is C10H20N2NiS4. The molecule has 0 aliphatic heterocycles. The zero-order chi connectivity index (χ0) is 13.0. The van der Waals surface area contributed by atoms with Crippen molar-refractivity contribution in [2.24, 2.45) is 5.73 Å². The van der Waals surface area contributed by atoms with E-state index in [0.717, 1.165) is 13.1 Å². The molecule has 0 bridgehead atoms. The third-order valence-corrected chi connectivity index (χ3v) is 2.34. The van der Waals surface area contributed by atoms with Gasteiger partial charge in [0.2, 0.25) is 0 Å². The predicted molar refractivity (Wildman–Crippen MR) is 85.5 cm³/mol. The molecular weight excluding hydrogens is 335 g/mol. The summed E-state index contributed by atoms with van der Waals surface area (Å²) in [6.07, 6.45) is 4.81. The average Bonchev–Trinajstić information content (AvgIpc) is 2.16. The third-order valence-electron chi connectivity index (χ3n) is 1.82. The molecule has 0 rings (SSSR count). The monoisotopic (exact) mass is 354 g/mol. The summed E-state index contributed by atoms with van der Waals surface area (Å²) in [6, 6.07) is 0.